The van der Waals surface area contributed by atoms with Crippen molar-refractivity contribution in [1.29, 1.82) is 5.26 Å². The number of ether oxygens (including phenoxy) is 4. The van der Waals surface area contributed by atoms with Gasteiger partial charge in [0, 0.05) is 24.0 Å². The number of nitrogens with two attached hydrogens (primary N) is 1. The number of rotatable bonds is 8. The van der Waals surface area contributed by atoms with Crippen molar-refractivity contribution in [2.75, 3.05) is 13.2 Å². The number of esters is 1. The van der Waals surface area contributed by atoms with E-state index in [0.717, 1.165) is 5.56 Å². The molecule has 0 amide bonds. The summed E-state index contributed by atoms with van der Waals surface area (Å²) >= 11 is 2.14. The number of benzene rings is 2. The Labute approximate surface area is 229 Å². The molecule has 0 spiro atoms. The van der Waals surface area contributed by atoms with Crippen LogP contribution in [0.5, 0.6) is 11.5 Å². The zero-order valence-electron chi connectivity index (χ0n) is 20.6. The van der Waals surface area contributed by atoms with Crippen molar-refractivity contribution in [3.8, 4) is 17.6 Å². The highest BCUT2D eigenvalue weighted by atomic mass is 127. The highest BCUT2D eigenvalue weighted by molar-refractivity contribution is 14.1. The van der Waals surface area contributed by atoms with Gasteiger partial charge in [-0.1, -0.05) is 18.2 Å². The molecule has 192 valence electrons. The summed E-state index contributed by atoms with van der Waals surface area (Å²) in [5, 5.41) is 9.41. The number of nitrogens with zero attached hydrogens (tertiary/aromatic N) is 1. The Morgan fingerprint density at radius 1 is 1.19 bits per heavy atom. The van der Waals surface area contributed by atoms with E-state index in [2.05, 4.69) is 28.7 Å². The molecule has 2 aliphatic rings. The maximum absolute atomic E-state index is 13.1. The first-order valence-corrected chi connectivity index (χ1v) is 13.1. The van der Waals surface area contributed by atoms with Gasteiger partial charge < -0.3 is 24.7 Å². The first kappa shape index (κ1) is 26.5. The molecule has 2 N–H and O–H groups in total. The van der Waals surface area contributed by atoms with Crippen molar-refractivity contribution in [1.82, 2.24) is 0 Å². The molecule has 9 heteroatoms. The Kier molecular flexibility index (Phi) is 8.38. The highest BCUT2D eigenvalue weighted by Crippen LogP contribution is 2.47. The van der Waals surface area contributed by atoms with Crippen LogP contribution in [0.15, 0.2) is 59.2 Å². The molecule has 0 saturated carbocycles. The summed E-state index contributed by atoms with van der Waals surface area (Å²) in [7, 11) is 0. The average molecular weight is 614 g/mol. The van der Waals surface area contributed by atoms with Crippen molar-refractivity contribution in [3.63, 3.8) is 0 Å². The number of hydrogen-bond donors (Lipinski definition) is 1. The summed E-state index contributed by atoms with van der Waals surface area (Å²) in [4.78, 5) is 26.1. The molecule has 1 heterocycles. The van der Waals surface area contributed by atoms with Crippen LogP contribution in [0.1, 0.15) is 55.7 Å². The Hall–Kier alpha value is -3.52. The molecule has 1 aliphatic carbocycles. The first-order valence-electron chi connectivity index (χ1n) is 12.1. The van der Waals surface area contributed by atoms with E-state index < -0.39 is 11.9 Å². The lowest BCUT2D eigenvalue weighted by atomic mass is 9.77. The van der Waals surface area contributed by atoms with Gasteiger partial charge in [-0.25, -0.2) is 4.79 Å². The molecule has 4 rings (SSSR count). The second kappa shape index (κ2) is 11.7. The van der Waals surface area contributed by atoms with E-state index in [1.807, 2.05) is 25.1 Å². The zero-order chi connectivity index (χ0) is 26.5. The molecule has 0 aromatic heterocycles. The molecule has 0 fully saturated rings. The van der Waals surface area contributed by atoms with Crippen LogP contribution in [0.2, 0.25) is 0 Å². The molecule has 0 bridgehead atoms. The van der Waals surface area contributed by atoms with Crippen molar-refractivity contribution in [2.45, 2.75) is 45.6 Å². The van der Waals surface area contributed by atoms with Gasteiger partial charge in [-0.3, -0.25) is 4.79 Å². The fraction of sp³-hybridized carbons (Fsp3) is 0.321. The second-order valence-corrected chi connectivity index (χ2v) is 9.63. The van der Waals surface area contributed by atoms with Gasteiger partial charge >= 0.3 is 5.97 Å². The van der Waals surface area contributed by atoms with Gasteiger partial charge in [0.1, 0.15) is 17.9 Å². The molecule has 0 unspecified atom stereocenters. The second-order valence-electron chi connectivity index (χ2n) is 8.47. The predicted octanol–water partition coefficient (Wildman–Crippen LogP) is 4.99. The lowest BCUT2D eigenvalue weighted by Crippen LogP contribution is -2.31. The van der Waals surface area contributed by atoms with E-state index in [0.29, 0.717) is 63.4 Å². The Bertz CT molecular complexity index is 1340. The standard InChI is InChI=1S/C28H27IN2O6/c1-3-34-22-13-18(12-19(29)26(22)36-15-17-9-6-5-8-16(17)14-30)23-24-20(32)10-7-11-21(24)37-27(31)25(23)28(33)35-4-2/h5-6,8-9,12-13,23H,3-4,7,10-11,15,31H2,1-2H3/t23-/m0/s1. The zero-order valence-corrected chi connectivity index (χ0v) is 22.8. The fourth-order valence-corrected chi connectivity index (χ4v) is 5.34. The highest BCUT2D eigenvalue weighted by Gasteiger charge is 2.41. The molecule has 0 saturated heterocycles. The molecule has 2 aromatic rings. The van der Waals surface area contributed by atoms with E-state index in [9.17, 15) is 14.9 Å². The number of allylic oxidation sites excluding steroid dienone is 2. The monoisotopic (exact) mass is 614 g/mol. The lowest BCUT2D eigenvalue weighted by molar-refractivity contribution is -0.139. The van der Waals surface area contributed by atoms with Crippen LogP contribution < -0.4 is 15.2 Å². The number of Topliss-reactive ketones (excluding diaryl/α,β-unsaturated/α-hetero) is 1. The molecule has 0 radical (unpaired) electrons. The van der Waals surface area contributed by atoms with Crippen LogP contribution in [0.25, 0.3) is 0 Å². The summed E-state index contributed by atoms with van der Waals surface area (Å²) in [6, 6.07) is 13.0. The number of halogens is 1. The number of carbonyl (C=O) groups is 2. The van der Waals surface area contributed by atoms with Crippen molar-refractivity contribution >= 4 is 34.3 Å². The maximum atomic E-state index is 13.1. The summed E-state index contributed by atoms with van der Waals surface area (Å²) in [5.74, 6) is -0.0659. The number of ketones is 1. The van der Waals surface area contributed by atoms with E-state index in [-0.39, 0.29) is 30.5 Å². The van der Waals surface area contributed by atoms with Crippen molar-refractivity contribution < 1.29 is 28.5 Å². The minimum atomic E-state index is -0.753. The molecule has 1 aliphatic heterocycles. The van der Waals surface area contributed by atoms with Gasteiger partial charge in [-0.15, -0.1) is 0 Å². The van der Waals surface area contributed by atoms with Gasteiger partial charge in [0.2, 0.25) is 5.88 Å². The van der Waals surface area contributed by atoms with Gasteiger partial charge in [-0.2, -0.15) is 5.26 Å². The molecule has 37 heavy (non-hydrogen) atoms. The third-order valence-corrected chi connectivity index (χ3v) is 6.96. The molecule has 2 aromatic carbocycles. The number of hydrogen-bond acceptors (Lipinski definition) is 8. The molecular weight excluding hydrogens is 587 g/mol. The maximum Gasteiger partial charge on any atom is 0.340 e. The van der Waals surface area contributed by atoms with E-state index >= 15 is 0 Å². The summed E-state index contributed by atoms with van der Waals surface area (Å²) < 4.78 is 23.8. The molecular formula is C28H27IN2O6. The number of carbonyl (C=O) groups excluding carboxylic acids is 2. The lowest BCUT2D eigenvalue weighted by Gasteiger charge is -2.32. The van der Waals surface area contributed by atoms with Crippen molar-refractivity contribution in [3.05, 3.63) is 79.4 Å². The van der Waals surface area contributed by atoms with Crippen LogP contribution in [0, 0.1) is 14.9 Å². The molecule has 1 atom stereocenters. The largest absolute Gasteiger partial charge is 0.490 e. The van der Waals surface area contributed by atoms with Gasteiger partial charge in [0.15, 0.2) is 17.3 Å². The SMILES string of the molecule is CCOC(=O)C1=C(N)OC2=C(C(=O)CCC2)[C@@H]1c1cc(I)c(OCc2ccccc2C#N)c(OCC)c1. The fourth-order valence-electron chi connectivity index (χ4n) is 4.56. The van der Waals surface area contributed by atoms with Crippen molar-refractivity contribution in [2.24, 2.45) is 5.73 Å². The quantitative estimate of drug-likeness (QED) is 0.326. The van der Waals surface area contributed by atoms with Crippen LogP contribution in [0.3, 0.4) is 0 Å². The normalized spacial score (nSPS) is 17.0. The first-order chi connectivity index (χ1) is 17.9. The van der Waals surface area contributed by atoms with Crippen LogP contribution in [-0.4, -0.2) is 25.0 Å². The minimum absolute atomic E-state index is 0.0571. The topological polar surface area (TPSA) is 121 Å². The summed E-state index contributed by atoms with van der Waals surface area (Å²) in [6.45, 7) is 4.26. The van der Waals surface area contributed by atoms with Crippen LogP contribution >= 0.6 is 22.6 Å². The smallest absolute Gasteiger partial charge is 0.340 e. The minimum Gasteiger partial charge on any atom is -0.490 e. The Morgan fingerprint density at radius 3 is 2.70 bits per heavy atom. The third kappa shape index (κ3) is 5.44. The Balaban J connectivity index is 1.80. The van der Waals surface area contributed by atoms with Crippen LogP contribution in [-0.2, 0) is 25.7 Å². The van der Waals surface area contributed by atoms with Gasteiger partial charge in [-0.05, 0) is 66.6 Å². The Morgan fingerprint density at radius 2 is 1.97 bits per heavy atom. The van der Waals surface area contributed by atoms with Crippen LogP contribution in [0.4, 0.5) is 0 Å². The third-order valence-electron chi connectivity index (χ3n) is 6.15. The van der Waals surface area contributed by atoms with E-state index in [4.69, 9.17) is 24.7 Å². The predicted molar refractivity (Wildman–Crippen MR) is 143 cm³/mol. The number of nitriles is 1. The van der Waals surface area contributed by atoms with Gasteiger partial charge in [0.05, 0.1) is 34.3 Å². The molecule has 8 nitrogen and oxygen atoms in total. The van der Waals surface area contributed by atoms with Gasteiger partial charge in [0.25, 0.3) is 0 Å². The average Bonchev–Trinajstić information content (AvgIpc) is 2.88. The summed E-state index contributed by atoms with van der Waals surface area (Å²) in [5.41, 5.74) is 8.68. The van der Waals surface area contributed by atoms with E-state index in [1.165, 1.54) is 0 Å². The van der Waals surface area contributed by atoms with E-state index in [1.54, 1.807) is 25.1 Å². The summed E-state index contributed by atoms with van der Waals surface area (Å²) in [6.07, 6.45) is 1.58.